The zero-order chi connectivity index (χ0) is 25.7. The van der Waals surface area contributed by atoms with Gasteiger partial charge in [0.2, 0.25) is 5.82 Å². The molecule has 0 fully saturated rings. The molecule has 0 N–H and O–H groups in total. The normalized spacial score (nSPS) is 19.0. The number of carbonyl (C=O) groups excluding carboxylic acids is 1. The standard InChI is InChI=1S/C29H38N4O3/c1-7-33-23-17-29(5,6)13-12-22(23)25(31-33)27-30-26(32-36-27)21-11-10-19-14-18(8-9-20(19)16-21)15-24(34)35-28(2,3)4/h10-11,16,18H,7-9,12-15,17H2,1-6H3. The molecule has 7 nitrogen and oxygen atoms in total. The van der Waals surface area contributed by atoms with Crippen LogP contribution in [-0.4, -0.2) is 31.5 Å². The molecule has 2 heterocycles. The van der Waals surface area contributed by atoms with Gasteiger partial charge in [0.15, 0.2) is 5.69 Å². The minimum absolute atomic E-state index is 0.108. The minimum atomic E-state index is -0.438. The number of hydrogen-bond acceptors (Lipinski definition) is 6. The van der Waals surface area contributed by atoms with Gasteiger partial charge in [-0.1, -0.05) is 31.1 Å². The van der Waals surface area contributed by atoms with E-state index in [-0.39, 0.29) is 11.4 Å². The molecule has 192 valence electrons. The van der Waals surface area contributed by atoms with Gasteiger partial charge in [0.25, 0.3) is 5.89 Å². The highest BCUT2D eigenvalue weighted by Gasteiger charge is 2.33. The van der Waals surface area contributed by atoms with E-state index in [0.29, 0.717) is 24.1 Å². The molecular weight excluding hydrogens is 452 g/mol. The van der Waals surface area contributed by atoms with E-state index in [1.54, 1.807) is 0 Å². The first kappa shape index (κ1) is 24.7. The molecule has 2 aliphatic carbocycles. The molecule has 0 bridgehead atoms. The van der Waals surface area contributed by atoms with Crippen molar-refractivity contribution in [1.82, 2.24) is 19.9 Å². The Kier molecular flexibility index (Phi) is 6.29. The van der Waals surface area contributed by atoms with E-state index in [0.717, 1.165) is 56.3 Å². The van der Waals surface area contributed by atoms with Crippen molar-refractivity contribution >= 4 is 5.97 Å². The summed E-state index contributed by atoms with van der Waals surface area (Å²) in [5, 5.41) is 9.18. The van der Waals surface area contributed by atoms with Gasteiger partial charge >= 0.3 is 5.97 Å². The second-order valence-corrected chi connectivity index (χ2v) is 12.2. The van der Waals surface area contributed by atoms with E-state index >= 15 is 0 Å². The summed E-state index contributed by atoms with van der Waals surface area (Å²) in [7, 11) is 0. The summed E-state index contributed by atoms with van der Waals surface area (Å²) in [4.78, 5) is 17.0. The molecule has 1 aromatic carbocycles. The first-order chi connectivity index (χ1) is 17.0. The van der Waals surface area contributed by atoms with Gasteiger partial charge in [-0.25, -0.2) is 0 Å². The monoisotopic (exact) mass is 490 g/mol. The van der Waals surface area contributed by atoms with Crippen LogP contribution in [0.25, 0.3) is 23.0 Å². The van der Waals surface area contributed by atoms with Crippen molar-refractivity contribution < 1.29 is 14.1 Å². The van der Waals surface area contributed by atoms with Gasteiger partial charge in [-0.3, -0.25) is 9.48 Å². The van der Waals surface area contributed by atoms with Gasteiger partial charge in [-0.05, 0) is 94.7 Å². The van der Waals surface area contributed by atoms with E-state index in [1.807, 2.05) is 20.8 Å². The summed E-state index contributed by atoms with van der Waals surface area (Å²) < 4.78 is 13.4. The summed E-state index contributed by atoms with van der Waals surface area (Å²) in [6.07, 6.45) is 6.41. The SMILES string of the molecule is CCn1nc(-c2nc(-c3ccc4c(c3)CCC(CC(=O)OC(C)(C)C)C4)no2)c2c1CC(C)(C)CC2. The Morgan fingerprint density at radius 3 is 2.78 bits per heavy atom. The van der Waals surface area contributed by atoms with Gasteiger partial charge in [0.1, 0.15) is 5.60 Å². The van der Waals surface area contributed by atoms with Crippen LogP contribution in [0.3, 0.4) is 0 Å². The van der Waals surface area contributed by atoms with Gasteiger partial charge < -0.3 is 9.26 Å². The summed E-state index contributed by atoms with van der Waals surface area (Å²) in [6.45, 7) is 13.3. The Morgan fingerprint density at radius 2 is 2.03 bits per heavy atom. The lowest BCUT2D eigenvalue weighted by molar-refractivity contribution is -0.156. The van der Waals surface area contributed by atoms with E-state index in [4.69, 9.17) is 19.3 Å². The maximum atomic E-state index is 12.3. The number of rotatable bonds is 5. The number of carbonyl (C=O) groups is 1. The molecule has 1 unspecified atom stereocenters. The van der Waals surface area contributed by atoms with Crippen LogP contribution in [0.15, 0.2) is 22.7 Å². The van der Waals surface area contributed by atoms with Crippen molar-refractivity contribution in [2.24, 2.45) is 11.3 Å². The molecule has 0 spiro atoms. The summed E-state index contributed by atoms with van der Waals surface area (Å²) in [5.41, 5.74) is 6.79. The fraction of sp³-hybridized carbons (Fsp3) is 0.586. The molecule has 7 heteroatoms. The summed E-state index contributed by atoms with van der Waals surface area (Å²) >= 11 is 0. The fourth-order valence-electron chi connectivity index (χ4n) is 5.63. The first-order valence-electron chi connectivity index (χ1n) is 13.3. The Labute approximate surface area is 213 Å². The smallest absolute Gasteiger partial charge is 0.306 e. The van der Waals surface area contributed by atoms with Gasteiger partial charge in [-0.15, -0.1) is 0 Å². The van der Waals surface area contributed by atoms with E-state index in [2.05, 4.69) is 48.8 Å². The van der Waals surface area contributed by atoms with Crippen LogP contribution in [0.1, 0.15) is 83.2 Å². The number of benzene rings is 1. The first-order valence-corrected chi connectivity index (χ1v) is 13.3. The van der Waals surface area contributed by atoms with Crippen LogP contribution in [-0.2, 0) is 41.8 Å². The Bertz CT molecular complexity index is 1280. The molecule has 0 aliphatic heterocycles. The summed E-state index contributed by atoms with van der Waals surface area (Å²) in [6, 6.07) is 6.39. The number of fused-ring (bicyclic) bond motifs is 2. The number of ether oxygens (including phenoxy) is 1. The molecule has 0 radical (unpaired) electrons. The number of esters is 1. The lowest BCUT2D eigenvalue weighted by Crippen LogP contribution is -2.26. The average molecular weight is 491 g/mol. The van der Waals surface area contributed by atoms with Crippen LogP contribution in [0.5, 0.6) is 0 Å². The largest absolute Gasteiger partial charge is 0.460 e. The van der Waals surface area contributed by atoms with Crippen LogP contribution in [0.2, 0.25) is 0 Å². The summed E-state index contributed by atoms with van der Waals surface area (Å²) in [5.74, 6) is 1.31. The van der Waals surface area contributed by atoms with Crippen LogP contribution in [0, 0.1) is 11.3 Å². The van der Waals surface area contributed by atoms with Crippen molar-refractivity contribution in [1.29, 1.82) is 0 Å². The molecular formula is C29H38N4O3. The van der Waals surface area contributed by atoms with E-state index in [9.17, 15) is 4.79 Å². The van der Waals surface area contributed by atoms with Crippen LogP contribution < -0.4 is 0 Å². The minimum Gasteiger partial charge on any atom is -0.460 e. The molecule has 2 aliphatic rings. The predicted molar refractivity (Wildman–Crippen MR) is 138 cm³/mol. The quantitative estimate of drug-likeness (QED) is 0.410. The third-order valence-corrected chi connectivity index (χ3v) is 7.46. The lowest BCUT2D eigenvalue weighted by atomic mass is 9.76. The molecule has 3 aromatic rings. The zero-order valence-corrected chi connectivity index (χ0v) is 22.5. The van der Waals surface area contributed by atoms with Crippen LogP contribution >= 0.6 is 0 Å². The van der Waals surface area contributed by atoms with Gasteiger partial charge in [0, 0.05) is 29.8 Å². The molecule has 0 saturated heterocycles. The molecule has 0 saturated carbocycles. The third kappa shape index (κ3) is 5.11. The topological polar surface area (TPSA) is 83.0 Å². The zero-order valence-electron chi connectivity index (χ0n) is 22.5. The third-order valence-electron chi connectivity index (χ3n) is 7.46. The highest BCUT2D eigenvalue weighted by molar-refractivity contribution is 5.70. The van der Waals surface area contributed by atoms with Crippen molar-refractivity contribution in [3.05, 3.63) is 40.6 Å². The van der Waals surface area contributed by atoms with Crippen molar-refractivity contribution in [3.63, 3.8) is 0 Å². The van der Waals surface area contributed by atoms with Crippen LogP contribution in [0.4, 0.5) is 0 Å². The highest BCUT2D eigenvalue weighted by Crippen LogP contribution is 2.39. The molecule has 1 atom stereocenters. The Balaban J connectivity index is 1.33. The maximum absolute atomic E-state index is 12.3. The number of hydrogen-bond donors (Lipinski definition) is 0. The predicted octanol–water partition coefficient (Wildman–Crippen LogP) is 5.97. The molecule has 5 rings (SSSR count). The molecule has 36 heavy (non-hydrogen) atoms. The molecule has 0 amide bonds. The Hall–Kier alpha value is -2.96. The number of nitrogens with zero attached hydrogens (tertiary/aromatic N) is 4. The molecule has 2 aromatic heterocycles. The average Bonchev–Trinajstić information content (AvgIpc) is 3.41. The van der Waals surface area contributed by atoms with Gasteiger partial charge in [0.05, 0.1) is 0 Å². The van der Waals surface area contributed by atoms with Crippen molar-refractivity contribution in [2.45, 2.75) is 98.6 Å². The number of aryl methyl sites for hydroxylation is 2. The van der Waals surface area contributed by atoms with Crippen molar-refractivity contribution in [2.75, 3.05) is 0 Å². The number of aromatic nitrogens is 4. The van der Waals surface area contributed by atoms with E-state index in [1.165, 1.54) is 22.4 Å². The van der Waals surface area contributed by atoms with Crippen molar-refractivity contribution in [3.8, 4) is 23.0 Å². The van der Waals surface area contributed by atoms with E-state index < -0.39 is 5.60 Å². The van der Waals surface area contributed by atoms with Gasteiger partial charge in [-0.2, -0.15) is 10.1 Å². The second-order valence-electron chi connectivity index (χ2n) is 12.2. The maximum Gasteiger partial charge on any atom is 0.306 e. The second kappa shape index (κ2) is 9.16. The lowest BCUT2D eigenvalue weighted by Gasteiger charge is -2.30. The highest BCUT2D eigenvalue weighted by atomic mass is 16.6. The fourth-order valence-corrected chi connectivity index (χ4v) is 5.63. The Morgan fingerprint density at radius 1 is 1.22 bits per heavy atom.